The van der Waals surface area contributed by atoms with Crippen molar-refractivity contribution in [2.24, 2.45) is 0 Å². The van der Waals surface area contributed by atoms with E-state index in [9.17, 15) is 19.2 Å². The molecule has 2 aromatic carbocycles. The third-order valence-corrected chi connectivity index (χ3v) is 5.18. The van der Waals surface area contributed by atoms with Crippen molar-refractivity contribution < 1.29 is 33.4 Å². The molecule has 2 aromatic rings. The summed E-state index contributed by atoms with van der Waals surface area (Å²) in [5, 5.41) is 2.54. The van der Waals surface area contributed by atoms with Gasteiger partial charge in [0.1, 0.15) is 24.4 Å². The van der Waals surface area contributed by atoms with E-state index in [-0.39, 0.29) is 13.0 Å². The SMILES string of the molecule is CC(C)(C)OC(=O)N[C@H](Cc1ccccc1)C(=O)[15N]1C(=O)O[13C@H]([13CH3])[13C@H]1[13C](=O)OCc1ccccc1. The second-order valence-electron chi connectivity index (χ2n) is 9.22. The predicted octanol–water partition coefficient (Wildman–Crippen LogP) is 3.60. The van der Waals surface area contributed by atoms with Crippen molar-refractivity contribution in [1.29, 1.82) is 0 Å². The smallest absolute Gasteiger partial charge is 0.417 e. The van der Waals surface area contributed by atoms with Crippen LogP contribution >= 0.6 is 0 Å². The van der Waals surface area contributed by atoms with Crippen LogP contribution < -0.4 is 5.32 Å². The van der Waals surface area contributed by atoms with E-state index in [4.69, 9.17) is 14.2 Å². The van der Waals surface area contributed by atoms with Crippen LogP contribution in [-0.4, -0.2) is 52.8 Å². The van der Waals surface area contributed by atoms with Gasteiger partial charge in [0.05, 0.1) is 0 Å². The van der Waals surface area contributed by atoms with Crippen molar-refractivity contribution >= 4 is 24.1 Å². The Balaban J connectivity index is 1.81. The summed E-state index contributed by atoms with van der Waals surface area (Å²) in [5.74, 6) is -1.58. The van der Waals surface area contributed by atoms with E-state index in [0.717, 1.165) is 16.0 Å². The Morgan fingerprint density at radius 3 is 2.14 bits per heavy atom. The van der Waals surface area contributed by atoms with Gasteiger partial charge in [-0.2, -0.15) is 0 Å². The Morgan fingerprint density at radius 1 is 1.00 bits per heavy atom. The van der Waals surface area contributed by atoms with Gasteiger partial charge in [0, 0.05) is 6.42 Å². The lowest BCUT2D eigenvalue weighted by Crippen LogP contribution is -2.55. The van der Waals surface area contributed by atoms with Crippen LogP contribution in [-0.2, 0) is 36.8 Å². The zero-order chi connectivity index (χ0) is 25.6. The minimum absolute atomic E-state index is 0.0251. The predicted molar refractivity (Wildman–Crippen MR) is 126 cm³/mol. The number of cyclic esters (lactones) is 1. The average Bonchev–Trinajstić information content (AvgIpc) is 3.10. The maximum absolute atomic E-state index is 13.5. The van der Waals surface area contributed by atoms with Crippen molar-refractivity contribution in [3.63, 3.8) is 0 Å². The molecule has 3 rings (SSSR count). The number of amides is 3. The highest BCUT2D eigenvalue weighted by Crippen LogP contribution is 2.23. The van der Waals surface area contributed by atoms with Gasteiger partial charge in [-0.3, -0.25) is 4.79 Å². The van der Waals surface area contributed by atoms with E-state index in [1.807, 2.05) is 12.1 Å². The largest absolute Gasteiger partial charge is 0.459 e. The Labute approximate surface area is 204 Å². The van der Waals surface area contributed by atoms with E-state index in [1.165, 1.54) is 6.92 Å². The lowest BCUT2D eigenvalue weighted by molar-refractivity contribution is -0.154. The molecule has 1 N–H and O–H groups in total. The molecule has 1 fully saturated rings. The maximum Gasteiger partial charge on any atom is 0.417 e. The molecule has 9 heteroatoms. The maximum atomic E-state index is 13.5. The normalized spacial score (nSPS) is 18.4. The fourth-order valence-electron chi connectivity index (χ4n) is 3.61. The summed E-state index contributed by atoms with van der Waals surface area (Å²) in [4.78, 5) is 52.3. The number of carbonyl (C=O) groups is 4. The van der Waals surface area contributed by atoms with Crippen LogP contribution in [0.25, 0.3) is 0 Å². The zero-order valence-corrected chi connectivity index (χ0v) is 20.2. The van der Waals surface area contributed by atoms with Gasteiger partial charge < -0.3 is 19.5 Å². The monoisotopic (exact) mass is 487 g/mol. The van der Waals surface area contributed by atoms with E-state index >= 15 is 0 Å². The molecule has 3 atom stereocenters. The van der Waals surface area contributed by atoms with Crippen LogP contribution in [0.5, 0.6) is 0 Å². The van der Waals surface area contributed by atoms with Gasteiger partial charge in [0.25, 0.3) is 5.91 Å². The standard InChI is InChI=1S/C26H30N2O7/c1-17-21(23(30)33-16-19-13-9-6-10-14-19)28(25(32)34-17)22(29)20(15-18-11-7-5-8-12-18)27-24(31)35-26(2,3)4/h5-14,17,20-21H,15-16H2,1-4H3,(H,27,31)/t17-,20-,21+/m1/s1/i1+1,17+1,21+1,23+1,28+1. The number of alkyl carbamates (subject to hydrolysis) is 1. The second-order valence-corrected chi connectivity index (χ2v) is 9.22. The Kier molecular flexibility index (Phi) is 8.11. The number of nitrogens with one attached hydrogen (secondary N) is 1. The average molecular weight is 487 g/mol. The van der Waals surface area contributed by atoms with Crippen LogP contribution in [0.1, 0.15) is 38.8 Å². The quantitative estimate of drug-likeness (QED) is 0.275. The van der Waals surface area contributed by atoms with Gasteiger partial charge in [-0.25, -0.2) is 19.3 Å². The molecular weight excluding hydrogens is 457 g/mol. The third kappa shape index (κ3) is 7.05. The minimum Gasteiger partial charge on any atom is -0.459 e. The van der Waals surface area contributed by atoms with Crippen LogP contribution in [0.15, 0.2) is 60.7 Å². The molecule has 3 amide bonds. The van der Waals surface area contributed by atoms with Crippen molar-refractivity contribution in [2.45, 2.75) is 64.5 Å². The number of hydrogen-bond donors (Lipinski definition) is 1. The third-order valence-electron chi connectivity index (χ3n) is 5.18. The first-order chi connectivity index (χ1) is 16.5. The number of hydrogen-bond acceptors (Lipinski definition) is 7. The lowest BCUT2D eigenvalue weighted by Gasteiger charge is -2.27. The van der Waals surface area contributed by atoms with Gasteiger partial charge in [-0.05, 0) is 38.8 Å². The van der Waals surface area contributed by atoms with E-state index in [0.29, 0.717) is 0 Å². The van der Waals surface area contributed by atoms with Crippen LogP contribution in [0.2, 0.25) is 0 Å². The second kappa shape index (κ2) is 11.0. The number of carbonyl (C=O) groups excluding carboxylic acids is 4. The summed E-state index contributed by atoms with van der Waals surface area (Å²) >= 11 is 0. The molecule has 0 aliphatic carbocycles. The number of benzene rings is 2. The topological polar surface area (TPSA) is 111 Å². The first-order valence-corrected chi connectivity index (χ1v) is 11.3. The van der Waals surface area contributed by atoms with E-state index in [2.05, 4.69) is 5.32 Å². The first-order valence-electron chi connectivity index (χ1n) is 11.3. The molecule has 1 heterocycles. The van der Waals surface area contributed by atoms with Crippen molar-refractivity contribution in [1.82, 2.24) is 10.2 Å². The van der Waals surface area contributed by atoms with Crippen molar-refractivity contribution in [3.05, 3.63) is 71.8 Å². The molecular formula is C26H30N2O7. The molecule has 0 spiro atoms. The van der Waals surface area contributed by atoms with Crippen molar-refractivity contribution in [2.75, 3.05) is 0 Å². The molecule has 35 heavy (non-hydrogen) atoms. The zero-order valence-electron chi connectivity index (χ0n) is 20.2. The summed E-state index contributed by atoms with van der Waals surface area (Å²) < 4.78 is 15.9. The van der Waals surface area contributed by atoms with Crippen LogP contribution in [0, 0.1) is 0 Å². The summed E-state index contributed by atoms with van der Waals surface area (Å²) in [6.07, 6.45) is -2.65. The Hall–Kier alpha value is -3.88. The van der Waals surface area contributed by atoms with Crippen LogP contribution in [0.4, 0.5) is 9.59 Å². The van der Waals surface area contributed by atoms with Gasteiger partial charge in [-0.1, -0.05) is 60.7 Å². The highest BCUT2D eigenvalue weighted by Gasteiger charge is 2.50. The molecule has 0 saturated carbocycles. The lowest BCUT2D eigenvalue weighted by atomic mass is 10.1. The number of nitrogens with zero attached hydrogens (tertiary/aromatic N) is 1. The summed E-state index contributed by atoms with van der Waals surface area (Å²) in [5.41, 5.74) is 0.700. The van der Waals surface area contributed by atoms with Gasteiger partial charge in [0.15, 0.2) is 6.04 Å². The molecule has 9 nitrogen and oxygen atoms in total. The highest BCUT2D eigenvalue weighted by atomic mass is 16.7. The number of ether oxygens (including phenoxy) is 3. The number of rotatable bonds is 7. The first kappa shape index (κ1) is 25.7. The molecule has 0 radical (unpaired) electrons. The summed E-state index contributed by atoms with van der Waals surface area (Å²) in [6, 6.07) is 15.5. The molecule has 0 bridgehead atoms. The molecule has 1 aliphatic rings. The molecule has 186 valence electrons. The number of imide groups is 1. The Morgan fingerprint density at radius 2 is 1.57 bits per heavy atom. The van der Waals surface area contributed by atoms with E-state index in [1.54, 1.807) is 69.3 Å². The van der Waals surface area contributed by atoms with Gasteiger partial charge >= 0.3 is 18.2 Å². The molecule has 1 aliphatic heterocycles. The van der Waals surface area contributed by atoms with Gasteiger partial charge in [0.2, 0.25) is 0 Å². The minimum atomic E-state index is -1.29. The molecule has 0 aromatic heterocycles. The van der Waals surface area contributed by atoms with Crippen molar-refractivity contribution in [3.8, 4) is 0 Å². The highest BCUT2D eigenvalue weighted by molar-refractivity contribution is 6.02. The molecule has 1 saturated heterocycles. The summed E-state index contributed by atoms with van der Waals surface area (Å²) in [7, 11) is 0. The fourth-order valence-corrected chi connectivity index (χ4v) is 3.61. The van der Waals surface area contributed by atoms with E-state index < -0.39 is 47.9 Å². The Bertz CT molecular complexity index is 1050. The fraction of sp³-hybridized carbons (Fsp3) is 0.385. The number of esters is 1. The molecule has 0 unspecified atom stereocenters. The summed E-state index contributed by atoms with van der Waals surface area (Å²) in [6.45, 7) is 6.56. The van der Waals surface area contributed by atoms with Crippen LogP contribution in [0.3, 0.4) is 0 Å². The van der Waals surface area contributed by atoms with Gasteiger partial charge in [-0.15, -0.1) is 0 Å².